The number of hydrogen-bond acceptors (Lipinski definition) is 2. The van der Waals surface area contributed by atoms with Gasteiger partial charge in [-0.3, -0.25) is 5.41 Å². The topological polar surface area (TPSA) is 61.9 Å². The second-order valence-corrected chi connectivity index (χ2v) is 1.78. The maximum absolute atomic E-state index is 11.4. The summed E-state index contributed by atoms with van der Waals surface area (Å²) in [7, 11) is 0. The van der Waals surface area contributed by atoms with E-state index >= 15 is 0 Å². The van der Waals surface area contributed by atoms with Gasteiger partial charge in [-0.15, -0.1) is 0 Å². The molecule has 0 heterocycles. The van der Waals surface area contributed by atoms with E-state index in [2.05, 4.69) is 0 Å². The van der Waals surface area contributed by atoms with Crippen molar-refractivity contribution < 1.29 is 13.2 Å². The number of halogens is 3. The highest BCUT2D eigenvalue weighted by Crippen LogP contribution is 2.11. The lowest BCUT2D eigenvalue weighted by Crippen LogP contribution is -2.25. The van der Waals surface area contributed by atoms with E-state index in [9.17, 15) is 13.2 Å². The smallest absolute Gasteiger partial charge is 0.384 e. The molecule has 0 aromatic carbocycles. The van der Waals surface area contributed by atoms with E-state index in [0.29, 0.717) is 0 Å². The molecule has 0 aromatic heterocycles. The van der Waals surface area contributed by atoms with Crippen LogP contribution in [0.25, 0.3) is 0 Å². The van der Waals surface area contributed by atoms with E-state index in [-0.39, 0.29) is 5.84 Å². The van der Waals surface area contributed by atoms with Crippen LogP contribution < -0.4 is 11.1 Å². The van der Waals surface area contributed by atoms with Gasteiger partial charge in [-0.05, 0) is 6.08 Å². The van der Waals surface area contributed by atoms with E-state index < -0.39 is 12.7 Å². The van der Waals surface area contributed by atoms with Crippen molar-refractivity contribution in [2.45, 2.75) is 6.18 Å². The molecule has 0 saturated carbocycles. The zero-order chi connectivity index (χ0) is 8.91. The average Bonchev–Trinajstić information content (AvgIpc) is 1.78. The van der Waals surface area contributed by atoms with Crippen molar-refractivity contribution in [1.29, 1.82) is 5.41 Å². The summed E-state index contributed by atoms with van der Waals surface area (Å²) in [6, 6.07) is 0. The van der Waals surface area contributed by atoms with Crippen molar-refractivity contribution >= 4 is 5.84 Å². The first-order valence-electron chi connectivity index (χ1n) is 2.72. The third-order valence-corrected chi connectivity index (χ3v) is 0.683. The quantitative estimate of drug-likeness (QED) is 0.425. The minimum Gasteiger partial charge on any atom is -0.384 e. The Hall–Kier alpha value is -1.20. The molecule has 0 fully saturated rings. The molecule has 0 radical (unpaired) electrons. The molecule has 0 unspecified atom stereocenters. The molecule has 64 valence electrons. The summed E-state index contributed by atoms with van der Waals surface area (Å²) >= 11 is 0. The lowest BCUT2D eigenvalue weighted by atomic mass is 10.5. The summed E-state index contributed by atoms with van der Waals surface area (Å²) < 4.78 is 34.2. The molecule has 0 aliphatic rings. The lowest BCUT2D eigenvalue weighted by molar-refractivity contribution is -0.122. The average molecular weight is 167 g/mol. The zero-order valence-corrected chi connectivity index (χ0v) is 5.57. The first kappa shape index (κ1) is 9.80. The zero-order valence-electron chi connectivity index (χ0n) is 5.57. The number of rotatable bonds is 3. The molecule has 0 bridgehead atoms. The molecule has 11 heavy (non-hydrogen) atoms. The van der Waals surface area contributed by atoms with Crippen LogP contribution in [0.3, 0.4) is 0 Å². The Bertz CT molecular complexity index is 161. The van der Waals surface area contributed by atoms with Gasteiger partial charge in [0.25, 0.3) is 0 Å². The van der Waals surface area contributed by atoms with Crippen LogP contribution in [0.2, 0.25) is 0 Å². The molecule has 0 rings (SSSR count). The first-order chi connectivity index (χ1) is 4.92. The summed E-state index contributed by atoms with van der Waals surface area (Å²) in [4.78, 5) is 0. The molecule has 0 amide bonds. The van der Waals surface area contributed by atoms with Crippen LogP contribution in [0.15, 0.2) is 12.3 Å². The minimum absolute atomic E-state index is 0.292. The van der Waals surface area contributed by atoms with Crippen LogP contribution in [-0.4, -0.2) is 18.6 Å². The maximum Gasteiger partial charge on any atom is 0.405 e. The van der Waals surface area contributed by atoms with Gasteiger partial charge >= 0.3 is 6.18 Å². The highest BCUT2D eigenvalue weighted by atomic mass is 19.4. The van der Waals surface area contributed by atoms with Crippen LogP contribution in [0.5, 0.6) is 0 Å². The molecular formula is C5H8F3N3. The number of nitrogens with one attached hydrogen (secondary N) is 2. The highest BCUT2D eigenvalue weighted by molar-refractivity contribution is 5.88. The molecule has 0 aromatic rings. The van der Waals surface area contributed by atoms with Gasteiger partial charge in [0, 0.05) is 6.20 Å². The van der Waals surface area contributed by atoms with Gasteiger partial charge in [-0.2, -0.15) is 13.2 Å². The Morgan fingerprint density at radius 1 is 1.55 bits per heavy atom. The molecule has 0 saturated heterocycles. The fraction of sp³-hybridized carbons (Fsp3) is 0.400. The second-order valence-electron chi connectivity index (χ2n) is 1.78. The lowest BCUT2D eigenvalue weighted by Gasteiger charge is -2.04. The summed E-state index contributed by atoms with van der Waals surface area (Å²) in [5, 5.41) is 8.53. The summed E-state index contributed by atoms with van der Waals surface area (Å²) in [5.74, 6) is -0.292. The molecule has 0 aliphatic heterocycles. The number of alkyl halides is 3. The van der Waals surface area contributed by atoms with Crippen LogP contribution >= 0.6 is 0 Å². The predicted octanol–water partition coefficient (Wildman–Crippen LogP) is 0.588. The molecule has 6 heteroatoms. The van der Waals surface area contributed by atoms with E-state index in [1.165, 1.54) is 0 Å². The largest absolute Gasteiger partial charge is 0.405 e. The van der Waals surface area contributed by atoms with Gasteiger partial charge in [-0.1, -0.05) is 0 Å². The Kier molecular flexibility index (Phi) is 3.43. The molecule has 3 nitrogen and oxygen atoms in total. The van der Waals surface area contributed by atoms with Gasteiger partial charge in [0.05, 0.1) is 0 Å². The molecule has 0 aliphatic carbocycles. The maximum atomic E-state index is 11.4. The summed E-state index contributed by atoms with van der Waals surface area (Å²) in [5.41, 5.74) is 4.82. The van der Waals surface area contributed by atoms with Crippen molar-refractivity contribution in [1.82, 2.24) is 5.32 Å². The van der Waals surface area contributed by atoms with Crippen LogP contribution in [-0.2, 0) is 0 Å². The van der Waals surface area contributed by atoms with Crippen molar-refractivity contribution in [2.24, 2.45) is 5.73 Å². The minimum atomic E-state index is -4.23. The predicted molar refractivity (Wildman–Crippen MR) is 35.1 cm³/mol. The second kappa shape index (κ2) is 3.85. The molecule has 0 atom stereocenters. The van der Waals surface area contributed by atoms with Crippen molar-refractivity contribution in [2.75, 3.05) is 6.54 Å². The van der Waals surface area contributed by atoms with Gasteiger partial charge in [0.1, 0.15) is 12.4 Å². The third kappa shape index (κ3) is 8.80. The van der Waals surface area contributed by atoms with E-state index in [1.807, 2.05) is 5.32 Å². The molecular weight excluding hydrogens is 159 g/mol. The standard InChI is InChI=1S/C5H8F3N3/c6-5(7,8)3-11-2-1-4(9)10/h1-2,11H,3H2,(H3,9,10)/b2-1-. The van der Waals surface area contributed by atoms with Gasteiger partial charge in [0.2, 0.25) is 0 Å². The van der Waals surface area contributed by atoms with Crippen molar-refractivity contribution in [3.63, 3.8) is 0 Å². The number of nitrogens with two attached hydrogens (primary N) is 1. The fourth-order valence-electron chi connectivity index (χ4n) is 0.323. The highest BCUT2D eigenvalue weighted by Gasteiger charge is 2.25. The van der Waals surface area contributed by atoms with E-state index in [1.54, 1.807) is 0 Å². The van der Waals surface area contributed by atoms with E-state index in [0.717, 1.165) is 12.3 Å². The fourth-order valence-corrected chi connectivity index (χ4v) is 0.323. The molecule has 4 N–H and O–H groups in total. The Labute approximate surface area is 61.6 Å². The summed E-state index contributed by atoms with van der Waals surface area (Å²) in [6.45, 7) is -1.11. The van der Waals surface area contributed by atoms with Gasteiger partial charge < -0.3 is 11.1 Å². The third-order valence-electron chi connectivity index (χ3n) is 0.683. The van der Waals surface area contributed by atoms with Crippen LogP contribution in [0, 0.1) is 5.41 Å². The van der Waals surface area contributed by atoms with Crippen LogP contribution in [0.4, 0.5) is 13.2 Å². The Morgan fingerprint density at radius 2 is 2.09 bits per heavy atom. The van der Waals surface area contributed by atoms with Crippen LogP contribution in [0.1, 0.15) is 0 Å². The Morgan fingerprint density at radius 3 is 2.45 bits per heavy atom. The number of amidine groups is 1. The summed E-state index contributed by atoms with van der Waals surface area (Å²) in [6.07, 6.45) is -2.22. The molecule has 0 spiro atoms. The Balaban J connectivity index is 3.50. The van der Waals surface area contributed by atoms with Gasteiger partial charge in [0.15, 0.2) is 0 Å². The SMILES string of the molecule is N=C(N)/C=C\NCC(F)(F)F. The first-order valence-corrected chi connectivity index (χ1v) is 2.72. The van der Waals surface area contributed by atoms with Gasteiger partial charge in [-0.25, -0.2) is 0 Å². The van der Waals surface area contributed by atoms with E-state index in [4.69, 9.17) is 11.1 Å². The van der Waals surface area contributed by atoms with Crippen molar-refractivity contribution in [3.05, 3.63) is 12.3 Å². The van der Waals surface area contributed by atoms with Crippen molar-refractivity contribution in [3.8, 4) is 0 Å². The number of hydrogen-bond donors (Lipinski definition) is 3. The monoisotopic (exact) mass is 167 g/mol. The normalized spacial score (nSPS) is 11.9.